The Hall–Kier alpha value is -6.20. The molecule has 2 aliphatic rings. The zero-order valence-electron chi connectivity index (χ0n) is 45.1. The minimum atomic E-state index is -0.890. The van der Waals surface area contributed by atoms with Gasteiger partial charge >= 0.3 is 0 Å². The van der Waals surface area contributed by atoms with Gasteiger partial charge in [0.25, 0.3) is 11.5 Å². The van der Waals surface area contributed by atoms with Gasteiger partial charge in [-0.05, 0) is 136 Å². The van der Waals surface area contributed by atoms with Crippen molar-refractivity contribution in [3.05, 3.63) is 127 Å². The molecule has 5 N–H and O–H groups in total. The van der Waals surface area contributed by atoms with Crippen LogP contribution in [0.2, 0.25) is 0 Å². The molecule has 2 saturated heterocycles. The number of aryl methyl sites for hydroxylation is 4. The van der Waals surface area contributed by atoms with E-state index in [-0.39, 0.29) is 61.7 Å². The highest BCUT2D eigenvalue weighted by Gasteiger charge is 2.44. The molecule has 7 rings (SSSR count). The summed E-state index contributed by atoms with van der Waals surface area (Å²) < 4.78 is 11.7. The number of thiazole rings is 1. The standard InChI is InChI=1S/C59H77N7O8S/c1-9-65(46-23-27-74-28-24-46)50-31-45(30-48(39(50)4)55(69)61-34-49-37(2)29-38(3)63-56(49)70)43-19-15-41(16-20-43)13-12-26-73-25-11-10-14-52(68)64-54(59(6,7)8)58(72)66-35-47(67)32-51(66)57(71)60-33-42-17-21-44(22-18-42)53-40(5)62-36-75-53/h15-22,29-31,36,46-47,51,54,67H,9-14,23-28,32-35H2,1-8H3,(H,60,71)(H,61,69)(H,63,70)(H,64,68)/t47-,51+,54?/m1/s1. The van der Waals surface area contributed by atoms with E-state index in [2.05, 4.69) is 68.1 Å². The molecule has 15 nitrogen and oxygen atoms in total. The molecular weight excluding hydrogens is 967 g/mol. The lowest BCUT2D eigenvalue weighted by atomic mass is 9.85. The summed E-state index contributed by atoms with van der Waals surface area (Å²) in [5.74, 6) is -1.21. The monoisotopic (exact) mass is 1040 g/mol. The molecule has 4 amide bonds. The molecule has 402 valence electrons. The van der Waals surface area contributed by atoms with Crippen LogP contribution in [-0.2, 0) is 43.4 Å². The predicted octanol–water partition coefficient (Wildman–Crippen LogP) is 8.26. The van der Waals surface area contributed by atoms with Gasteiger partial charge in [-0.1, -0.05) is 69.3 Å². The minimum Gasteiger partial charge on any atom is -0.391 e. The largest absolute Gasteiger partial charge is 0.391 e. The first-order chi connectivity index (χ1) is 35.9. The van der Waals surface area contributed by atoms with Gasteiger partial charge in [0.2, 0.25) is 17.7 Å². The molecule has 1 unspecified atom stereocenters. The van der Waals surface area contributed by atoms with Gasteiger partial charge in [-0.3, -0.25) is 24.0 Å². The molecule has 2 aliphatic heterocycles. The van der Waals surface area contributed by atoms with E-state index in [9.17, 15) is 29.1 Å². The molecule has 2 aromatic heterocycles. The number of H-pyrrole nitrogens is 1. The maximum Gasteiger partial charge on any atom is 0.253 e. The second-order valence-electron chi connectivity index (χ2n) is 21.2. The number of carbonyl (C=O) groups excluding carboxylic acids is 4. The Kier molecular flexibility index (Phi) is 19.6. The van der Waals surface area contributed by atoms with Crippen LogP contribution in [-0.4, -0.2) is 107 Å². The molecule has 2 fully saturated rings. The SMILES string of the molecule is CCN(c1cc(-c2ccc(CCCOCCCCC(=O)NC(C(=O)N3C[C@H](O)C[C@H]3C(=O)NCc3ccc(-c4scnc4C)cc3)C(C)(C)C)cc2)cc(C(=O)NCc2c(C)cc(C)[nH]c2=O)c1C)C1CCOCC1. The summed E-state index contributed by atoms with van der Waals surface area (Å²) in [7, 11) is 0. The fourth-order valence-electron chi connectivity index (χ4n) is 10.2. The van der Waals surface area contributed by atoms with Crippen LogP contribution in [0.15, 0.2) is 77.0 Å². The Morgan fingerprint density at radius 2 is 1.59 bits per heavy atom. The number of benzene rings is 3. The van der Waals surface area contributed by atoms with Crippen LogP contribution in [0.3, 0.4) is 0 Å². The van der Waals surface area contributed by atoms with Crippen LogP contribution in [0.25, 0.3) is 21.6 Å². The molecule has 75 heavy (non-hydrogen) atoms. The van der Waals surface area contributed by atoms with Gasteiger partial charge in [-0.2, -0.15) is 0 Å². The molecule has 0 aliphatic carbocycles. The van der Waals surface area contributed by atoms with Gasteiger partial charge in [0, 0.05) is 94.0 Å². The van der Waals surface area contributed by atoms with Crippen molar-refractivity contribution >= 4 is 40.7 Å². The number of carbonyl (C=O) groups is 4. The lowest BCUT2D eigenvalue weighted by Crippen LogP contribution is -2.57. The summed E-state index contributed by atoms with van der Waals surface area (Å²) >= 11 is 1.58. The molecule has 5 aromatic rings. The fraction of sp³-hybridized carbons (Fsp3) is 0.492. The third-order valence-electron chi connectivity index (χ3n) is 14.5. The van der Waals surface area contributed by atoms with E-state index in [4.69, 9.17) is 9.47 Å². The van der Waals surface area contributed by atoms with Crippen LogP contribution >= 0.6 is 11.3 Å². The first kappa shape index (κ1) is 56.5. The van der Waals surface area contributed by atoms with Crippen LogP contribution in [0.1, 0.15) is 122 Å². The summed E-state index contributed by atoms with van der Waals surface area (Å²) in [4.78, 5) is 79.7. The van der Waals surface area contributed by atoms with Gasteiger partial charge in [0.05, 0.1) is 22.2 Å². The third-order valence-corrected chi connectivity index (χ3v) is 15.5. The highest BCUT2D eigenvalue weighted by Crippen LogP contribution is 2.35. The maximum absolute atomic E-state index is 14.1. The molecule has 3 atom stereocenters. The number of aliphatic hydroxyl groups is 1. The van der Waals surface area contributed by atoms with Crippen LogP contribution in [0.4, 0.5) is 5.69 Å². The number of nitrogens with one attached hydrogen (secondary N) is 4. The molecule has 0 bridgehead atoms. The topological polar surface area (TPSA) is 195 Å². The summed E-state index contributed by atoms with van der Waals surface area (Å²) in [5.41, 5.74) is 11.7. The third kappa shape index (κ3) is 14.8. The number of rotatable bonds is 22. The molecular formula is C59H77N7O8S. The van der Waals surface area contributed by atoms with E-state index in [1.807, 2.05) is 90.4 Å². The molecule has 4 heterocycles. The van der Waals surface area contributed by atoms with Crippen molar-refractivity contribution in [1.82, 2.24) is 30.8 Å². The summed E-state index contributed by atoms with van der Waals surface area (Å²) in [6, 6.07) is 21.0. The van der Waals surface area contributed by atoms with E-state index in [1.54, 1.807) is 11.3 Å². The highest BCUT2D eigenvalue weighted by atomic mass is 32.1. The average molecular weight is 1040 g/mol. The number of ether oxygens (including phenoxy) is 2. The molecule has 16 heteroatoms. The Morgan fingerprint density at radius 1 is 0.893 bits per heavy atom. The number of aliphatic hydroxyl groups excluding tert-OH is 1. The number of nitrogens with zero attached hydrogens (tertiary/aromatic N) is 3. The number of amides is 4. The number of anilines is 1. The van der Waals surface area contributed by atoms with Crippen molar-refractivity contribution < 1.29 is 33.8 Å². The van der Waals surface area contributed by atoms with Gasteiger partial charge in [-0.25, -0.2) is 4.98 Å². The van der Waals surface area contributed by atoms with Crippen molar-refractivity contribution in [2.45, 2.75) is 144 Å². The smallest absolute Gasteiger partial charge is 0.253 e. The van der Waals surface area contributed by atoms with Crippen LogP contribution in [0, 0.1) is 33.1 Å². The van der Waals surface area contributed by atoms with Gasteiger partial charge in [0.15, 0.2) is 0 Å². The fourth-order valence-corrected chi connectivity index (χ4v) is 11.0. The number of pyridine rings is 1. The van der Waals surface area contributed by atoms with Crippen molar-refractivity contribution in [2.75, 3.05) is 44.4 Å². The Labute approximate surface area is 446 Å². The summed E-state index contributed by atoms with van der Waals surface area (Å²) in [5, 5.41) is 19.6. The van der Waals surface area contributed by atoms with E-state index >= 15 is 0 Å². The van der Waals surface area contributed by atoms with Gasteiger partial charge in [0.1, 0.15) is 12.1 Å². The van der Waals surface area contributed by atoms with E-state index in [1.165, 1.54) is 10.5 Å². The zero-order chi connectivity index (χ0) is 53.8. The Morgan fingerprint density at radius 3 is 2.25 bits per heavy atom. The zero-order valence-corrected chi connectivity index (χ0v) is 45.9. The number of aromatic nitrogens is 2. The van der Waals surface area contributed by atoms with E-state index in [0.717, 1.165) is 87.6 Å². The summed E-state index contributed by atoms with van der Waals surface area (Å²) in [6.45, 7) is 19.2. The van der Waals surface area contributed by atoms with Gasteiger partial charge in [-0.15, -0.1) is 11.3 Å². The number of β-amino-alcohol motifs (C(OH)–C–C–N with tert-alkyl or cyclic N) is 1. The van der Waals surface area contributed by atoms with E-state index in [0.29, 0.717) is 56.4 Å². The lowest BCUT2D eigenvalue weighted by molar-refractivity contribution is -0.144. The first-order valence-corrected chi connectivity index (χ1v) is 27.5. The Bertz CT molecular complexity index is 2810. The minimum absolute atomic E-state index is 0.0125. The summed E-state index contributed by atoms with van der Waals surface area (Å²) in [6.07, 6.45) is 4.21. The number of hydrogen-bond acceptors (Lipinski definition) is 11. The maximum atomic E-state index is 14.1. The lowest BCUT2D eigenvalue weighted by Gasteiger charge is -2.37. The molecule has 0 spiro atoms. The van der Waals surface area contributed by atoms with Gasteiger partial charge < -0.3 is 45.3 Å². The van der Waals surface area contributed by atoms with E-state index < -0.39 is 23.6 Å². The van der Waals surface area contributed by atoms with Crippen LogP contribution in [0.5, 0.6) is 0 Å². The number of likely N-dealkylation sites (tertiary alicyclic amines) is 1. The average Bonchev–Trinajstić information content (AvgIpc) is 4.01. The number of unbranched alkanes of at least 4 members (excludes halogenated alkanes) is 1. The normalized spacial score (nSPS) is 16.4. The number of hydrogen-bond donors (Lipinski definition) is 5. The molecule has 0 saturated carbocycles. The van der Waals surface area contributed by atoms with Crippen molar-refractivity contribution in [1.29, 1.82) is 0 Å². The quantitative estimate of drug-likeness (QED) is 0.0421. The molecule has 3 aromatic carbocycles. The van der Waals surface area contributed by atoms with Crippen LogP contribution < -0.4 is 26.4 Å². The highest BCUT2D eigenvalue weighted by molar-refractivity contribution is 7.13. The van der Waals surface area contributed by atoms with Crippen molar-refractivity contribution in [2.24, 2.45) is 5.41 Å². The first-order valence-electron chi connectivity index (χ1n) is 26.6. The predicted molar refractivity (Wildman–Crippen MR) is 296 cm³/mol. The Balaban J connectivity index is 0.868. The number of aromatic amines is 1. The van der Waals surface area contributed by atoms with Crippen molar-refractivity contribution in [3.8, 4) is 21.6 Å². The molecule has 0 radical (unpaired) electrons. The van der Waals surface area contributed by atoms with Crippen molar-refractivity contribution in [3.63, 3.8) is 0 Å². The second-order valence-corrected chi connectivity index (χ2v) is 22.1. The second kappa shape index (κ2) is 26.0.